The molecule has 0 aliphatic heterocycles. The quantitative estimate of drug-likeness (QED) is 0.0211. The van der Waals surface area contributed by atoms with Gasteiger partial charge in [-0.3, -0.25) is 18.6 Å². The highest BCUT2D eigenvalue weighted by atomic mass is 31.2. The van der Waals surface area contributed by atoms with Crippen molar-refractivity contribution in [2.45, 2.75) is 251 Å². The molecule has 0 aromatic carbocycles. The highest BCUT2D eigenvalue weighted by Gasteiger charge is 2.27. The van der Waals surface area contributed by atoms with E-state index in [2.05, 4.69) is 50.3 Å². The van der Waals surface area contributed by atoms with Crippen LogP contribution >= 0.6 is 7.82 Å². The number of hydrogen-bond acceptors (Lipinski definition) is 7. The molecule has 376 valence electrons. The number of nitrogens with zero attached hydrogens (tertiary/aromatic N) is 1. The fourth-order valence-corrected chi connectivity index (χ4v) is 8.19. The number of hydrogen-bond donors (Lipinski definition) is 1. The standard InChI is InChI=1S/C54H102NO8P/c1-6-8-10-12-14-16-18-20-21-22-23-24-25-26-27-28-29-30-31-32-33-35-37-39-41-43-45-47-54(57)63-52(51-62-64(58,59)61-49-48-55(3,4)5)50-60-53(56)46-44-42-40-38-36-34-19-17-15-13-11-9-7-2/h17-20,22-23,52H,6-16,21,24-51H2,1-5H3/p+1/b19-17-,20-18-,23-22-. The minimum absolute atomic E-state index is 0.0313. The molecule has 0 radical (unpaired) electrons. The minimum Gasteiger partial charge on any atom is -0.462 e. The lowest BCUT2D eigenvalue weighted by atomic mass is 10.0. The molecule has 1 N–H and O–H groups in total. The molecule has 0 amide bonds. The topological polar surface area (TPSA) is 108 Å². The van der Waals surface area contributed by atoms with E-state index in [1.807, 2.05) is 21.1 Å². The molecule has 0 saturated heterocycles. The first kappa shape index (κ1) is 62.2. The van der Waals surface area contributed by atoms with Crippen LogP contribution in [0.25, 0.3) is 0 Å². The van der Waals surface area contributed by atoms with Gasteiger partial charge < -0.3 is 18.9 Å². The average Bonchev–Trinajstić information content (AvgIpc) is 3.25. The number of allylic oxidation sites excluding steroid dienone is 6. The first-order chi connectivity index (χ1) is 31.0. The minimum atomic E-state index is -4.38. The van der Waals surface area contributed by atoms with E-state index in [1.54, 1.807) is 0 Å². The van der Waals surface area contributed by atoms with Crippen molar-refractivity contribution in [3.8, 4) is 0 Å². The Labute approximate surface area is 395 Å². The van der Waals surface area contributed by atoms with Gasteiger partial charge in [0.25, 0.3) is 0 Å². The van der Waals surface area contributed by atoms with Gasteiger partial charge in [0.15, 0.2) is 6.10 Å². The Bertz CT molecular complexity index is 1180. The molecule has 0 aliphatic rings. The van der Waals surface area contributed by atoms with Crippen molar-refractivity contribution in [2.24, 2.45) is 0 Å². The summed E-state index contributed by atoms with van der Waals surface area (Å²) in [7, 11) is 1.48. The van der Waals surface area contributed by atoms with E-state index in [1.165, 1.54) is 154 Å². The summed E-state index contributed by atoms with van der Waals surface area (Å²) in [5.74, 6) is -0.801. The Morgan fingerprint density at radius 2 is 0.844 bits per heavy atom. The third kappa shape index (κ3) is 49.7. The molecule has 0 spiro atoms. The van der Waals surface area contributed by atoms with Gasteiger partial charge in [-0.25, -0.2) is 4.57 Å². The van der Waals surface area contributed by atoms with Crippen LogP contribution in [0.2, 0.25) is 0 Å². The zero-order chi connectivity index (χ0) is 47.1. The van der Waals surface area contributed by atoms with Crippen molar-refractivity contribution in [3.63, 3.8) is 0 Å². The summed E-state index contributed by atoms with van der Waals surface area (Å²) < 4.78 is 34.4. The molecular weight excluding hydrogens is 822 g/mol. The second-order valence-electron chi connectivity index (χ2n) is 19.3. The molecule has 9 nitrogen and oxygen atoms in total. The number of quaternary nitrogens is 1. The lowest BCUT2D eigenvalue weighted by Gasteiger charge is -2.24. The molecule has 2 unspecified atom stereocenters. The van der Waals surface area contributed by atoms with E-state index in [0.717, 1.165) is 57.8 Å². The van der Waals surface area contributed by atoms with E-state index >= 15 is 0 Å². The fraction of sp³-hybridized carbons (Fsp3) is 0.852. The van der Waals surface area contributed by atoms with Crippen LogP contribution in [0.5, 0.6) is 0 Å². The molecule has 0 saturated carbocycles. The van der Waals surface area contributed by atoms with Crippen molar-refractivity contribution >= 4 is 19.8 Å². The number of rotatable bonds is 49. The van der Waals surface area contributed by atoms with Gasteiger partial charge >= 0.3 is 19.8 Å². The Morgan fingerprint density at radius 1 is 0.484 bits per heavy atom. The van der Waals surface area contributed by atoms with Gasteiger partial charge in [0.2, 0.25) is 0 Å². The van der Waals surface area contributed by atoms with Crippen molar-refractivity contribution in [1.82, 2.24) is 0 Å². The third-order valence-electron chi connectivity index (χ3n) is 11.6. The molecule has 0 heterocycles. The molecule has 0 aromatic heterocycles. The summed E-state index contributed by atoms with van der Waals surface area (Å²) in [5, 5.41) is 0. The van der Waals surface area contributed by atoms with E-state index in [4.69, 9.17) is 18.5 Å². The zero-order valence-electron chi connectivity index (χ0n) is 42.5. The molecule has 0 rings (SSSR count). The summed E-state index contributed by atoms with van der Waals surface area (Å²) in [6, 6.07) is 0. The lowest BCUT2D eigenvalue weighted by molar-refractivity contribution is -0.870. The van der Waals surface area contributed by atoms with Crippen molar-refractivity contribution < 1.29 is 42.1 Å². The molecule has 0 bridgehead atoms. The molecule has 10 heteroatoms. The predicted octanol–water partition coefficient (Wildman–Crippen LogP) is 16.0. The summed E-state index contributed by atoms with van der Waals surface area (Å²) >= 11 is 0. The SMILES string of the molecule is CCCCCC/C=C\CCCCCCCC(=O)OCC(COP(=O)(O)OCC[N+](C)(C)C)OC(=O)CCCCCCCCCCCCCCCCC/C=C\C/C=C\CCCCCCC. The number of ether oxygens (including phenoxy) is 2. The van der Waals surface area contributed by atoms with Crippen LogP contribution in [0.1, 0.15) is 245 Å². The van der Waals surface area contributed by atoms with Crippen LogP contribution in [0.3, 0.4) is 0 Å². The van der Waals surface area contributed by atoms with Gasteiger partial charge in [-0.15, -0.1) is 0 Å². The number of unbranched alkanes of at least 4 members (excludes halogenated alkanes) is 29. The smallest absolute Gasteiger partial charge is 0.462 e. The highest BCUT2D eigenvalue weighted by molar-refractivity contribution is 7.47. The molecule has 0 fully saturated rings. The van der Waals surface area contributed by atoms with Crippen LogP contribution in [0, 0.1) is 0 Å². The summed E-state index contributed by atoms with van der Waals surface area (Å²) in [6.07, 6.45) is 54.9. The molecule has 0 aliphatic carbocycles. The summed E-state index contributed by atoms with van der Waals surface area (Å²) in [6.45, 7) is 4.41. The highest BCUT2D eigenvalue weighted by Crippen LogP contribution is 2.43. The molecular formula is C54H103NO8P+. The Hall–Kier alpha value is -1.77. The maximum absolute atomic E-state index is 12.8. The van der Waals surface area contributed by atoms with Gasteiger partial charge in [0, 0.05) is 12.8 Å². The van der Waals surface area contributed by atoms with Gasteiger partial charge in [0.1, 0.15) is 19.8 Å². The van der Waals surface area contributed by atoms with Crippen molar-refractivity contribution in [1.29, 1.82) is 0 Å². The number of phosphoric ester groups is 1. The number of carbonyl (C=O) groups is 2. The zero-order valence-corrected chi connectivity index (χ0v) is 43.4. The lowest BCUT2D eigenvalue weighted by Crippen LogP contribution is -2.37. The molecule has 2 atom stereocenters. The first-order valence-electron chi connectivity index (χ1n) is 26.7. The predicted molar refractivity (Wildman–Crippen MR) is 270 cm³/mol. The van der Waals surface area contributed by atoms with Crippen LogP contribution in [0.4, 0.5) is 0 Å². The fourth-order valence-electron chi connectivity index (χ4n) is 7.45. The first-order valence-corrected chi connectivity index (χ1v) is 28.2. The monoisotopic (exact) mass is 925 g/mol. The maximum Gasteiger partial charge on any atom is 0.472 e. The normalized spacial score (nSPS) is 13.7. The van der Waals surface area contributed by atoms with Crippen LogP contribution in [0.15, 0.2) is 36.5 Å². The summed E-state index contributed by atoms with van der Waals surface area (Å²) in [4.78, 5) is 35.5. The number of esters is 2. The second kappa shape index (κ2) is 46.3. The maximum atomic E-state index is 12.8. The van der Waals surface area contributed by atoms with Crippen LogP contribution in [-0.4, -0.2) is 74.9 Å². The third-order valence-corrected chi connectivity index (χ3v) is 12.6. The van der Waals surface area contributed by atoms with Gasteiger partial charge in [-0.2, -0.15) is 0 Å². The largest absolute Gasteiger partial charge is 0.472 e. The van der Waals surface area contributed by atoms with Crippen molar-refractivity contribution in [2.75, 3.05) is 47.5 Å². The average molecular weight is 925 g/mol. The van der Waals surface area contributed by atoms with E-state index in [-0.39, 0.29) is 32.0 Å². The number of phosphoric acid groups is 1. The second-order valence-corrected chi connectivity index (χ2v) is 20.7. The number of likely N-dealkylation sites (N-methyl/N-ethyl adjacent to an activating group) is 1. The van der Waals surface area contributed by atoms with Gasteiger partial charge in [-0.1, -0.05) is 198 Å². The Kier molecular flexibility index (Phi) is 45.1. The van der Waals surface area contributed by atoms with Crippen molar-refractivity contribution in [3.05, 3.63) is 36.5 Å². The van der Waals surface area contributed by atoms with Crippen LogP contribution < -0.4 is 0 Å². The Morgan fingerprint density at radius 3 is 1.27 bits per heavy atom. The van der Waals surface area contributed by atoms with Gasteiger partial charge in [0.05, 0.1) is 27.7 Å². The summed E-state index contributed by atoms with van der Waals surface area (Å²) in [5.41, 5.74) is 0. The van der Waals surface area contributed by atoms with E-state index < -0.39 is 26.5 Å². The van der Waals surface area contributed by atoms with Crippen LogP contribution in [-0.2, 0) is 32.7 Å². The molecule has 0 aromatic rings. The Balaban J connectivity index is 4.12. The van der Waals surface area contributed by atoms with E-state index in [0.29, 0.717) is 17.4 Å². The number of carbonyl (C=O) groups excluding carboxylic acids is 2. The molecule has 64 heavy (non-hydrogen) atoms. The van der Waals surface area contributed by atoms with Gasteiger partial charge in [-0.05, 0) is 70.6 Å². The van der Waals surface area contributed by atoms with E-state index in [9.17, 15) is 19.0 Å².